The number of hydrogen-bond acceptors (Lipinski definition) is 3. The zero-order valence-corrected chi connectivity index (χ0v) is 12.1. The van der Waals surface area contributed by atoms with E-state index in [9.17, 15) is 0 Å². The van der Waals surface area contributed by atoms with E-state index in [2.05, 4.69) is 48.9 Å². The van der Waals surface area contributed by atoms with Crippen LogP contribution in [0.2, 0.25) is 0 Å². The molecule has 0 saturated carbocycles. The molecule has 0 radical (unpaired) electrons. The number of benzene rings is 1. The molecule has 3 rings (SSSR count). The largest absolute Gasteiger partial charge is 0.439 e. The summed E-state index contributed by atoms with van der Waals surface area (Å²) in [5, 5.41) is 0. The van der Waals surface area contributed by atoms with Gasteiger partial charge in [0.25, 0.3) is 0 Å². The highest BCUT2D eigenvalue weighted by molar-refractivity contribution is 5.73. The Labute approximate surface area is 114 Å². The number of fused-ring (bicyclic) bond motifs is 1. The fraction of sp³-hybridized carbons (Fsp3) is 0.562. The van der Waals surface area contributed by atoms with E-state index >= 15 is 0 Å². The maximum absolute atomic E-state index is 5.84. The van der Waals surface area contributed by atoms with Crippen molar-refractivity contribution in [2.45, 2.75) is 45.6 Å². The Morgan fingerprint density at radius 2 is 1.95 bits per heavy atom. The molecule has 19 heavy (non-hydrogen) atoms. The van der Waals surface area contributed by atoms with E-state index in [1.54, 1.807) is 0 Å². The molecule has 1 aliphatic heterocycles. The first-order valence-electron chi connectivity index (χ1n) is 7.15. The highest BCUT2D eigenvalue weighted by Crippen LogP contribution is 2.26. The van der Waals surface area contributed by atoms with Gasteiger partial charge in [-0.25, -0.2) is 4.98 Å². The lowest BCUT2D eigenvalue weighted by molar-refractivity contribution is 0.295. The van der Waals surface area contributed by atoms with Crippen LogP contribution in [-0.4, -0.2) is 23.0 Å². The summed E-state index contributed by atoms with van der Waals surface area (Å²) >= 11 is 0. The van der Waals surface area contributed by atoms with E-state index in [4.69, 9.17) is 4.42 Å². The molecule has 1 saturated heterocycles. The summed E-state index contributed by atoms with van der Waals surface area (Å²) in [5.74, 6) is 0.850. The van der Waals surface area contributed by atoms with Crippen molar-refractivity contribution >= 4 is 11.1 Å². The lowest BCUT2D eigenvalue weighted by Gasteiger charge is -2.18. The minimum absolute atomic E-state index is 0.155. The van der Waals surface area contributed by atoms with Crippen LogP contribution in [0.1, 0.15) is 45.1 Å². The summed E-state index contributed by atoms with van der Waals surface area (Å²) in [6, 6.07) is 6.36. The molecular weight excluding hydrogens is 236 g/mol. The number of aromatic nitrogens is 1. The predicted octanol–water partition coefficient (Wildman–Crippen LogP) is 3.72. The molecule has 3 heteroatoms. The smallest absolute Gasteiger partial charge is 0.209 e. The van der Waals surface area contributed by atoms with Gasteiger partial charge in [0.05, 0.1) is 6.54 Å². The van der Waals surface area contributed by atoms with Crippen molar-refractivity contribution in [1.82, 2.24) is 9.88 Å². The molecule has 0 bridgehead atoms. The molecule has 1 fully saturated rings. The van der Waals surface area contributed by atoms with E-state index in [1.807, 2.05) is 0 Å². The van der Waals surface area contributed by atoms with Crippen molar-refractivity contribution < 1.29 is 4.42 Å². The summed E-state index contributed by atoms with van der Waals surface area (Å²) in [7, 11) is 0. The van der Waals surface area contributed by atoms with Crippen molar-refractivity contribution in [2.75, 3.05) is 13.1 Å². The van der Waals surface area contributed by atoms with Crippen LogP contribution in [0.15, 0.2) is 22.6 Å². The molecule has 2 heterocycles. The van der Waals surface area contributed by atoms with Crippen LogP contribution in [0.25, 0.3) is 11.1 Å². The second-order valence-electron chi connectivity index (χ2n) is 6.52. The van der Waals surface area contributed by atoms with Crippen molar-refractivity contribution in [3.05, 3.63) is 29.7 Å². The molecular formula is C16H22N2O. The lowest BCUT2D eigenvalue weighted by atomic mass is 9.87. The molecule has 2 aromatic rings. The molecule has 0 atom stereocenters. The molecule has 102 valence electrons. The fourth-order valence-electron chi connectivity index (χ4n) is 2.64. The van der Waals surface area contributed by atoms with E-state index < -0.39 is 0 Å². The first kappa shape index (κ1) is 12.7. The second-order valence-corrected chi connectivity index (χ2v) is 6.52. The van der Waals surface area contributed by atoms with Crippen LogP contribution in [0.5, 0.6) is 0 Å². The number of rotatable bonds is 2. The standard InChI is InChI=1S/C16H22N2O/c1-16(2,3)12-6-7-14-13(10-12)17-15(19-14)11-18-8-4-5-9-18/h6-7,10H,4-5,8-9,11H2,1-3H3. The number of nitrogens with zero attached hydrogens (tertiary/aromatic N) is 2. The van der Waals surface area contributed by atoms with Gasteiger partial charge < -0.3 is 4.42 Å². The highest BCUT2D eigenvalue weighted by Gasteiger charge is 2.18. The van der Waals surface area contributed by atoms with Gasteiger partial charge in [0, 0.05) is 0 Å². The third-order valence-corrected chi connectivity index (χ3v) is 3.86. The van der Waals surface area contributed by atoms with E-state index in [0.29, 0.717) is 0 Å². The van der Waals surface area contributed by atoms with Crippen LogP contribution in [0, 0.1) is 0 Å². The van der Waals surface area contributed by atoms with Gasteiger partial charge >= 0.3 is 0 Å². The topological polar surface area (TPSA) is 29.3 Å². The molecule has 3 nitrogen and oxygen atoms in total. The van der Waals surface area contributed by atoms with Crippen LogP contribution in [0.4, 0.5) is 0 Å². The second kappa shape index (κ2) is 4.64. The van der Waals surface area contributed by atoms with Gasteiger partial charge in [-0.15, -0.1) is 0 Å². The van der Waals surface area contributed by atoms with Crippen LogP contribution >= 0.6 is 0 Å². The third-order valence-electron chi connectivity index (χ3n) is 3.86. The number of hydrogen-bond donors (Lipinski definition) is 0. The van der Waals surface area contributed by atoms with E-state index in [-0.39, 0.29) is 5.41 Å². The summed E-state index contributed by atoms with van der Waals surface area (Å²) in [6.07, 6.45) is 2.60. The molecule has 0 spiro atoms. The van der Waals surface area contributed by atoms with Crippen molar-refractivity contribution in [1.29, 1.82) is 0 Å². The summed E-state index contributed by atoms with van der Waals surface area (Å²) in [6.45, 7) is 9.86. The molecule has 0 amide bonds. The van der Waals surface area contributed by atoms with Crippen molar-refractivity contribution in [3.63, 3.8) is 0 Å². The maximum Gasteiger partial charge on any atom is 0.209 e. The molecule has 1 aliphatic rings. The maximum atomic E-state index is 5.84. The predicted molar refractivity (Wildman–Crippen MR) is 77.2 cm³/mol. The van der Waals surface area contributed by atoms with E-state index in [0.717, 1.165) is 23.5 Å². The monoisotopic (exact) mass is 258 g/mol. The first-order valence-corrected chi connectivity index (χ1v) is 7.15. The Morgan fingerprint density at radius 3 is 2.63 bits per heavy atom. The zero-order chi connectivity index (χ0) is 13.5. The third kappa shape index (κ3) is 2.66. The van der Waals surface area contributed by atoms with Gasteiger partial charge in [-0.05, 0) is 49.0 Å². The minimum Gasteiger partial charge on any atom is -0.439 e. The average Bonchev–Trinajstić information content (AvgIpc) is 2.95. The fourth-order valence-corrected chi connectivity index (χ4v) is 2.64. The summed E-state index contributed by atoms with van der Waals surface area (Å²) in [5.41, 5.74) is 3.35. The van der Waals surface area contributed by atoms with Crippen LogP contribution < -0.4 is 0 Å². The Balaban J connectivity index is 1.87. The first-order chi connectivity index (χ1) is 9.02. The lowest BCUT2D eigenvalue weighted by Crippen LogP contribution is -2.18. The van der Waals surface area contributed by atoms with Gasteiger partial charge in [0.1, 0.15) is 5.52 Å². The van der Waals surface area contributed by atoms with Crippen molar-refractivity contribution in [3.8, 4) is 0 Å². The summed E-state index contributed by atoms with van der Waals surface area (Å²) in [4.78, 5) is 7.05. The van der Waals surface area contributed by atoms with Gasteiger partial charge in [-0.3, -0.25) is 4.90 Å². The van der Waals surface area contributed by atoms with Gasteiger partial charge in [0.15, 0.2) is 5.58 Å². The molecule has 0 aliphatic carbocycles. The van der Waals surface area contributed by atoms with Crippen molar-refractivity contribution in [2.24, 2.45) is 0 Å². The SMILES string of the molecule is CC(C)(C)c1ccc2oc(CN3CCCC3)nc2c1. The molecule has 1 aromatic carbocycles. The minimum atomic E-state index is 0.155. The van der Waals surface area contributed by atoms with Crippen LogP contribution in [-0.2, 0) is 12.0 Å². The number of oxazole rings is 1. The normalized spacial score (nSPS) is 17.4. The van der Waals surface area contributed by atoms with Gasteiger partial charge in [-0.1, -0.05) is 26.8 Å². The average molecular weight is 258 g/mol. The Bertz CT molecular complexity index is 574. The van der Waals surface area contributed by atoms with Gasteiger partial charge in [-0.2, -0.15) is 0 Å². The Kier molecular flexibility index (Phi) is 3.09. The number of likely N-dealkylation sites (tertiary alicyclic amines) is 1. The summed E-state index contributed by atoms with van der Waals surface area (Å²) < 4.78 is 5.84. The Hall–Kier alpha value is -1.35. The highest BCUT2D eigenvalue weighted by atomic mass is 16.3. The van der Waals surface area contributed by atoms with Crippen LogP contribution in [0.3, 0.4) is 0 Å². The Morgan fingerprint density at radius 1 is 1.21 bits per heavy atom. The molecule has 0 N–H and O–H groups in total. The van der Waals surface area contributed by atoms with E-state index in [1.165, 1.54) is 31.5 Å². The molecule has 1 aromatic heterocycles. The van der Waals surface area contributed by atoms with Gasteiger partial charge in [0.2, 0.25) is 5.89 Å². The quantitative estimate of drug-likeness (QED) is 0.822. The zero-order valence-electron chi connectivity index (χ0n) is 12.1. The molecule has 0 unspecified atom stereocenters.